The van der Waals surface area contributed by atoms with E-state index in [0.29, 0.717) is 172 Å². The second-order valence-electron chi connectivity index (χ2n) is 11.4. The molecule has 0 aromatic carbocycles. The van der Waals surface area contributed by atoms with E-state index in [1.807, 2.05) is 13.8 Å². The molecule has 312 valence electrons. The van der Waals surface area contributed by atoms with Crippen LogP contribution < -0.4 is 9.47 Å². The zero-order valence-corrected chi connectivity index (χ0v) is 33.3. The zero-order valence-electron chi connectivity index (χ0n) is 32.5. The van der Waals surface area contributed by atoms with E-state index in [4.69, 9.17) is 75.8 Å². The molecule has 2 rings (SSSR count). The molecule has 0 amide bonds. The number of methoxy groups -OCH3 is 2. The first-order valence-electron chi connectivity index (χ1n) is 18.5. The maximum atomic E-state index is 6.34. The Bertz CT molecular complexity index is 871. The summed E-state index contributed by atoms with van der Waals surface area (Å²) < 4.78 is 89.2. The van der Waals surface area contributed by atoms with E-state index >= 15 is 0 Å². The number of aryl methyl sites for hydroxylation is 2. The van der Waals surface area contributed by atoms with Gasteiger partial charge in [0.2, 0.25) is 0 Å². The van der Waals surface area contributed by atoms with E-state index in [1.165, 1.54) is 0 Å². The monoisotopic (exact) mass is 786 g/mol. The summed E-state index contributed by atoms with van der Waals surface area (Å²) in [5, 5.41) is 0. The van der Waals surface area contributed by atoms with Crippen LogP contribution in [0.15, 0.2) is 0 Å². The predicted octanol–water partition coefficient (Wildman–Crippen LogP) is 2.37. The molecule has 0 radical (unpaired) electrons. The molecule has 1 aliphatic rings. The fraction of sp³-hybridized carbons (Fsp3) is 0.889. The molecule has 1 aromatic heterocycles. The molecule has 0 bridgehead atoms. The molecular weight excluding hydrogens is 720 g/mol. The molecule has 0 saturated heterocycles. The number of hydrogen-bond donors (Lipinski definition) is 0. The smallest absolute Gasteiger partial charge is 0.175 e. The molecule has 0 saturated carbocycles. The van der Waals surface area contributed by atoms with Crippen molar-refractivity contribution >= 4 is 11.3 Å². The lowest BCUT2D eigenvalue weighted by Gasteiger charge is -2.33. The third-order valence-electron chi connectivity index (χ3n) is 7.25. The number of hydrogen-bond acceptors (Lipinski definition) is 17. The topological polar surface area (TPSA) is 148 Å². The summed E-state index contributed by atoms with van der Waals surface area (Å²) in [6.07, 6.45) is -0.636. The van der Waals surface area contributed by atoms with Crippen LogP contribution in [0.25, 0.3) is 0 Å². The molecule has 16 nitrogen and oxygen atoms in total. The summed E-state index contributed by atoms with van der Waals surface area (Å²) in [6.45, 7) is 16.9. The van der Waals surface area contributed by atoms with Gasteiger partial charge in [0.15, 0.2) is 23.7 Å². The molecule has 2 heterocycles. The van der Waals surface area contributed by atoms with Gasteiger partial charge in [-0.2, -0.15) is 0 Å². The molecule has 17 heteroatoms. The van der Waals surface area contributed by atoms with Gasteiger partial charge in [-0.1, -0.05) is 0 Å². The highest BCUT2D eigenvalue weighted by Crippen LogP contribution is 2.45. The van der Waals surface area contributed by atoms with Crippen molar-refractivity contribution in [3.63, 3.8) is 0 Å². The summed E-state index contributed by atoms with van der Waals surface area (Å²) >= 11 is 1.66. The van der Waals surface area contributed by atoms with E-state index in [1.54, 1.807) is 25.6 Å². The Morgan fingerprint density at radius 1 is 0.340 bits per heavy atom. The van der Waals surface area contributed by atoms with Gasteiger partial charge < -0.3 is 75.8 Å². The van der Waals surface area contributed by atoms with Crippen molar-refractivity contribution in [3.05, 3.63) is 9.75 Å². The van der Waals surface area contributed by atoms with Crippen LogP contribution in [0.4, 0.5) is 0 Å². The molecule has 2 atom stereocenters. The summed E-state index contributed by atoms with van der Waals surface area (Å²) in [7, 11) is 3.29. The highest BCUT2D eigenvalue weighted by Gasteiger charge is 2.35. The van der Waals surface area contributed by atoms with Crippen LogP contribution >= 0.6 is 11.3 Å². The Morgan fingerprint density at radius 3 is 0.774 bits per heavy atom. The molecule has 2 unspecified atom stereocenters. The number of rotatable bonds is 40. The van der Waals surface area contributed by atoms with Crippen LogP contribution in [0.2, 0.25) is 0 Å². The minimum Gasteiger partial charge on any atom is -0.479 e. The summed E-state index contributed by atoms with van der Waals surface area (Å²) in [5.74, 6) is 1.57. The molecular formula is C36H66O16S. The first kappa shape index (κ1) is 47.9. The number of ether oxygens (including phenoxy) is 16. The minimum absolute atomic E-state index is 0.318. The van der Waals surface area contributed by atoms with Gasteiger partial charge in [-0.15, -0.1) is 11.3 Å². The highest BCUT2D eigenvalue weighted by molar-refractivity contribution is 7.12. The first-order chi connectivity index (χ1) is 26.2. The molecule has 0 spiro atoms. The Kier molecular flexibility index (Phi) is 31.8. The van der Waals surface area contributed by atoms with Crippen molar-refractivity contribution in [2.75, 3.05) is 186 Å². The predicted molar refractivity (Wildman–Crippen MR) is 196 cm³/mol. The van der Waals surface area contributed by atoms with Crippen molar-refractivity contribution in [3.8, 4) is 11.5 Å². The second kappa shape index (κ2) is 35.2. The highest BCUT2D eigenvalue weighted by atomic mass is 32.1. The van der Waals surface area contributed by atoms with Gasteiger partial charge in [0.1, 0.15) is 0 Å². The Labute approximate surface area is 320 Å². The van der Waals surface area contributed by atoms with Crippen LogP contribution in [0.1, 0.15) is 9.75 Å². The average molecular weight is 787 g/mol. The molecule has 0 N–H and O–H groups in total. The number of fused-ring (bicyclic) bond motifs is 1. The fourth-order valence-corrected chi connectivity index (χ4v) is 5.46. The summed E-state index contributed by atoms with van der Waals surface area (Å²) in [4.78, 5) is 2.16. The van der Waals surface area contributed by atoms with Crippen molar-refractivity contribution in [1.29, 1.82) is 0 Å². The lowest BCUT2D eigenvalue weighted by Crippen LogP contribution is -2.46. The van der Waals surface area contributed by atoms with Gasteiger partial charge in [0.05, 0.1) is 172 Å². The summed E-state index contributed by atoms with van der Waals surface area (Å²) in [5.41, 5.74) is 0. The molecule has 0 fully saturated rings. The Morgan fingerprint density at radius 2 is 0.547 bits per heavy atom. The van der Waals surface area contributed by atoms with E-state index in [2.05, 4.69) is 0 Å². The lowest BCUT2D eigenvalue weighted by atomic mass is 10.2. The molecule has 1 aliphatic heterocycles. The fourth-order valence-electron chi connectivity index (χ4n) is 4.53. The Hall–Kier alpha value is -1.26. The van der Waals surface area contributed by atoms with E-state index in [-0.39, 0.29) is 12.2 Å². The zero-order chi connectivity index (χ0) is 37.9. The molecule has 53 heavy (non-hydrogen) atoms. The van der Waals surface area contributed by atoms with Crippen molar-refractivity contribution in [2.24, 2.45) is 0 Å². The molecule has 0 aliphatic carbocycles. The van der Waals surface area contributed by atoms with E-state index < -0.39 is 0 Å². The quantitative estimate of drug-likeness (QED) is 0.0897. The van der Waals surface area contributed by atoms with Gasteiger partial charge in [0, 0.05) is 24.0 Å². The minimum atomic E-state index is -0.318. The van der Waals surface area contributed by atoms with Gasteiger partial charge >= 0.3 is 0 Å². The van der Waals surface area contributed by atoms with Crippen LogP contribution in [0.3, 0.4) is 0 Å². The van der Waals surface area contributed by atoms with E-state index in [0.717, 1.165) is 21.3 Å². The van der Waals surface area contributed by atoms with Crippen LogP contribution in [0, 0.1) is 13.8 Å². The lowest BCUT2D eigenvalue weighted by molar-refractivity contribution is -0.0789. The third kappa shape index (κ3) is 25.5. The maximum absolute atomic E-state index is 6.34. The average Bonchev–Trinajstić information content (AvgIpc) is 3.44. The van der Waals surface area contributed by atoms with Crippen molar-refractivity contribution in [2.45, 2.75) is 26.1 Å². The van der Waals surface area contributed by atoms with Gasteiger partial charge in [0.25, 0.3) is 0 Å². The first-order valence-corrected chi connectivity index (χ1v) is 19.3. The maximum Gasteiger partial charge on any atom is 0.175 e. The largest absolute Gasteiger partial charge is 0.479 e. The van der Waals surface area contributed by atoms with Gasteiger partial charge in [-0.05, 0) is 13.8 Å². The van der Waals surface area contributed by atoms with Crippen molar-refractivity contribution < 1.29 is 75.8 Å². The Balaban J connectivity index is 1.43. The summed E-state index contributed by atoms with van der Waals surface area (Å²) in [6, 6.07) is 0. The van der Waals surface area contributed by atoms with Gasteiger partial charge in [-0.3, -0.25) is 0 Å². The van der Waals surface area contributed by atoms with Crippen LogP contribution in [-0.4, -0.2) is 198 Å². The van der Waals surface area contributed by atoms with Crippen molar-refractivity contribution in [1.82, 2.24) is 0 Å². The second-order valence-corrected chi connectivity index (χ2v) is 12.9. The third-order valence-corrected chi connectivity index (χ3v) is 8.24. The normalized spacial score (nSPS) is 15.5. The van der Waals surface area contributed by atoms with Gasteiger partial charge in [-0.25, -0.2) is 0 Å². The standard InChI is InChI=1S/C36H66O16S/c1-31-35-36(32(2)53-31)52-34(30-50-28-26-48-24-22-46-20-18-44-16-14-42-12-10-40-8-6-38-4)33(51-35)29-49-27-25-47-23-21-45-19-17-43-15-13-41-11-9-39-7-5-37-3/h33-34H,5-30H2,1-4H3. The van der Waals surface area contributed by atoms with Crippen LogP contribution in [0.5, 0.6) is 11.5 Å². The van der Waals surface area contributed by atoms with E-state index in [9.17, 15) is 0 Å². The van der Waals surface area contributed by atoms with Crippen LogP contribution in [-0.2, 0) is 66.3 Å². The number of thiophene rings is 1. The SMILES string of the molecule is COCCOCCOCCOCCOCCOCCOCC1Oc2c(C)sc(C)c2OC1COCCOCCOCCOCCOCCOCCOC. The molecule has 1 aromatic rings.